The van der Waals surface area contributed by atoms with E-state index in [2.05, 4.69) is 39.5 Å². The normalized spacial score (nSPS) is 21.2. The lowest BCUT2D eigenvalue weighted by Gasteiger charge is -2.40. The highest BCUT2D eigenvalue weighted by atomic mass is 16.5. The van der Waals surface area contributed by atoms with E-state index in [4.69, 9.17) is 4.74 Å². The monoisotopic (exact) mass is 351 g/mol. The Hall–Kier alpha value is -2.44. The Labute approximate surface area is 153 Å². The zero-order valence-corrected chi connectivity index (χ0v) is 15.3. The molecule has 2 aromatic heterocycles. The highest BCUT2D eigenvalue weighted by Crippen LogP contribution is 2.30. The third-order valence-electron chi connectivity index (χ3n) is 5.07. The Morgan fingerprint density at radius 1 is 1.27 bits per heavy atom. The number of ether oxygens (including phenoxy) is 1. The molecular weight excluding hydrogens is 326 g/mol. The topological polar surface area (TPSA) is 55.2 Å². The molecule has 0 unspecified atom stereocenters. The average molecular weight is 351 g/mol. The number of pyridine rings is 1. The lowest BCUT2D eigenvalue weighted by atomic mass is 10.0. The summed E-state index contributed by atoms with van der Waals surface area (Å²) in [4.78, 5) is 6.91. The highest BCUT2D eigenvalue weighted by molar-refractivity contribution is 5.90. The number of likely N-dealkylation sites (N-methyl/N-ethyl adjacent to an activating group) is 1. The van der Waals surface area contributed by atoms with Gasteiger partial charge >= 0.3 is 0 Å². The van der Waals surface area contributed by atoms with E-state index in [9.17, 15) is 0 Å². The lowest BCUT2D eigenvalue weighted by molar-refractivity contribution is -0.0639. The number of aromatic nitrogens is 3. The van der Waals surface area contributed by atoms with Gasteiger partial charge in [-0.1, -0.05) is 25.1 Å². The van der Waals surface area contributed by atoms with E-state index in [1.54, 1.807) is 0 Å². The number of hydrogen-bond donors (Lipinski definition) is 1. The molecule has 26 heavy (non-hydrogen) atoms. The van der Waals surface area contributed by atoms with Crippen molar-refractivity contribution in [2.24, 2.45) is 7.05 Å². The summed E-state index contributed by atoms with van der Waals surface area (Å²) in [6, 6.07) is 10.4. The summed E-state index contributed by atoms with van der Waals surface area (Å²) in [5, 5.41) is 9.08. The summed E-state index contributed by atoms with van der Waals surface area (Å²) >= 11 is 0. The Bertz CT molecular complexity index is 872. The fraction of sp³-hybridized carbons (Fsp3) is 0.400. The molecule has 0 bridgehead atoms. The summed E-state index contributed by atoms with van der Waals surface area (Å²) < 4.78 is 8.02. The number of fused-ring (bicyclic) bond motifs is 1. The maximum atomic E-state index is 6.16. The Balaban J connectivity index is 1.57. The minimum absolute atomic E-state index is 0.0693. The highest BCUT2D eigenvalue weighted by Gasteiger charge is 2.33. The van der Waals surface area contributed by atoms with Crippen molar-refractivity contribution in [3.05, 3.63) is 54.5 Å². The second-order valence-electron chi connectivity index (χ2n) is 6.69. The van der Waals surface area contributed by atoms with Crippen LogP contribution in [0, 0.1) is 0 Å². The van der Waals surface area contributed by atoms with E-state index in [0.29, 0.717) is 0 Å². The fourth-order valence-corrected chi connectivity index (χ4v) is 3.79. The summed E-state index contributed by atoms with van der Waals surface area (Å²) in [6.45, 7) is 5.65. The number of nitrogens with one attached hydrogen (secondary N) is 1. The predicted molar refractivity (Wildman–Crippen MR) is 103 cm³/mol. The minimum atomic E-state index is 0.0693. The average Bonchev–Trinajstić information content (AvgIpc) is 3.11. The van der Waals surface area contributed by atoms with Crippen LogP contribution in [0.5, 0.6) is 0 Å². The molecule has 1 fully saturated rings. The van der Waals surface area contributed by atoms with Crippen LogP contribution in [0.4, 0.5) is 5.69 Å². The van der Waals surface area contributed by atoms with Crippen molar-refractivity contribution in [1.82, 2.24) is 19.7 Å². The zero-order valence-electron chi connectivity index (χ0n) is 15.3. The third kappa shape index (κ3) is 3.30. The molecule has 4 rings (SSSR count). The number of hydrogen-bond acceptors (Lipinski definition) is 5. The van der Waals surface area contributed by atoms with Crippen LogP contribution in [0.1, 0.15) is 18.5 Å². The van der Waals surface area contributed by atoms with Crippen molar-refractivity contribution in [3.8, 4) is 0 Å². The van der Waals surface area contributed by atoms with Gasteiger partial charge in [-0.15, -0.1) is 0 Å². The van der Waals surface area contributed by atoms with Crippen molar-refractivity contribution >= 4 is 16.6 Å². The molecule has 0 aliphatic carbocycles. The maximum Gasteiger partial charge on any atom is 0.0945 e. The SMILES string of the molecule is CCN1CCO[C@@H](CNc2ccnc3ccccc23)[C@@H]1c1cnn(C)c1. The van der Waals surface area contributed by atoms with Gasteiger partial charge in [0.05, 0.1) is 30.5 Å². The van der Waals surface area contributed by atoms with Crippen molar-refractivity contribution in [1.29, 1.82) is 0 Å². The van der Waals surface area contributed by atoms with E-state index in [1.807, 2.05) is 48.4 Å². The van der Waals surface area contributed by atoms with Gasteiger partial charge in [0.15, 0.2) is 0 Å². The Morgan fingerprint density at radius 2 is 2.15 bits per heavy atom. The van der Waals surface area contributed by atoms with Crippen LogP contribution in [-0.2, 0) is 11.8 Å². The van der Waals surface area contributed by atoms with Crippen LogP contribution >= 0.6 is 0 Å². The van der Waals surface area contributed by atoms with Crippen LogP contribution in [-0.4, -0.2) is 52.0 Å². The van der Waals surface area contributed by atoms with Gasteiger partial charge in [0.25, 0.3) is 0 Å². The van der Waals surface area contributed by atoms with Gasteiger partial charge in [0.2, 0.25) is 0 Å². The van der Waals surface area contributed by atoms with E-state index >= 15 is 0 Å². The molecule has 0 spiro atoms. The zero-order chi connectivity index (χ0) is 17.9. The first-order valence-electron chi connectivity index (χ1n) is 9.18. The first-order chi connectivity index (χ1) is 12.8. The predicted octanol–water partition coefficient (Wildman–Crippen LogP) is 2.84. The quantitative estimate of drug-likeness (QED) is 0.766. The largest absolute Gasteiger partial charge is 0.382 e. The first kappa shape index (κ1) is 17.0. The summed E-state index contributed by atoms with van der Waals surface area (Å²) in [6.07, 6.45) is 5.97. The standard InChI is InChI=1S/C20H25N5O/c1-3-25-10-11-26-19(20(25)15-12-23-24(2)14-15)13-22-18-8-9-21-17-7-5-4-6-16(17)18/h4-9,12,14,19-20H,3,10-11,13H2,1-2H3,(H,21,22)/t19-,20-/m0/s1. The molecular formula is C20H25N5O. The smallest absolute Gasteiger partial charge is 0.0945 e. The number of morpholine rings is 1. The number of anilines is 1. The van der Waals surface area contributed by atoms with Gasteiger partial charge < -0.3 is 10.1 Å². The molecule has 2 atom stereocenters. The molecule has 0 saturated carbocycles. The van der Waals surface area contributed by atoms with Crippen LogP contribution < -0.4 is 5.32 Å². The molecule has 1 aliphatic heterocycles. The van der Waals surface area contributed by atoms with Gasteiger partial charge in [-0.2, -0.15) is 5.10 Å². The summed E-state index contributed by atoms with van der Waals surface area (Å²) in [7, 11) is 1.96. The number of aryl methyl sites for hydroxylation is 1. The van der Waals surface area contributed by atoms with Crippen LogP contribution in [0.2, 0.25) is 0 Å². The number of nitrogens with zero attached hydrogens (tertiary/aromatic N) is 4. The van der Waals surface area contributed by atoms with Gasteiger partial charge in [-0.3, -0.25) is 14.6 Å². The summed E-state index contributed by atoms with van der Waals surface area (Å²) in [5.41, 5.74) is 3.30. The lowest BCUT2D eigenvalue weighted by Crippen LogP contribution is -2.47. The minimum Gasteiger partial charge on any atom is -0.382 e. The molecule has 1 saturated heterocycles. The van der Waals surface area contributed by atoms with Gasteiger partial charge in [0, 0.05) is 49.2 Å². The van der Waals surface area contributed by atoms with Crippen molar-refractivity contribution < 1.29 is 4.74 Å². The molecule has 136 valence electrons. The number of benzene rings is 1. The van der Waals surface area contributed by atoms with E-state index in [-0.39, 0.29) is 12.1 Å². The number of para-hydroxylation sites is 1. The molecule has 1 aliphatic rings. The van der Waals surface area contributed by atoms with E-state index in [1.165, 1.54) is 5.56 Å². The molecule has 0 amide bonds. The summed E-state index contributed by atoms with van der Waals surface area (Å²) in [5.74, 6) is 0. The fourth-order valence-electron chi connectivity index (χ4n) is 3.79. The first-order valence-corrected chi connectivity index (χ1v) is 9.18. The third-order valence-corrected chi connectivity index (χ3v) is 5.07. The van der Waals surface area contributed by atoms with E-state index in [0.717, 1.165) is 42.8 Å². The van der Waals surface area contributed by atoms with Gasteiger partial charge in [0.1, 0.15) is 0 Å². The van der Waals surface area contributed by atoms with Crippen LogP contribution in [0.25, 0.3) is 10.9 Å². The second-order valence-corrected chi connectivity index (χ2v) is 6.69. The van der Waals surface area contributed by atoms with E-state index < -0.39 is 0 Å². The Morgan fingerprint density at radius 3 is 2.96 bits per heavy atom. The number of rotatable bonds is 5. The van der Waals surface area contributed by atoms with Gasteiger partial charge in [-0.25, -0.2) is 0 Å². The molecule has 3 aromatic rings. The second kappa shape index (κ2) is 7.43. The van der Waals surface area contributed by atoms with Crippen molar-refractivity contribution in [2.75, 3.05) is 31.6 Å². The van der Waals surface area contributed by atoms with Crippen molar-refractivity contribution in [3.63, 3.8) is 0 Å². The van der Waals surface area contributed by atoms with Crippen molar-refractivity contribution in [2.45, 2.75) is 19.1 Å². The van der Waals surface area contributed by atoms with Gasteiger partial charge in [-0.05, 0) is 18.7 Å². The molecule has 1 N–H and O–H groups in total. The maximum absolute atomic E-state index is 6.16. The Kier molecular flexibility index (Phi) is 4.86. The molecule has 6 heteroatoms. The molecule has 6 nitrogen and oxygen atoms in total. The van der Waals surface area contributed by atoms with Crippen LogP contribution in [0.3, 0.4) is 0 Å². The molecule has 0 radical (unpaired) electrons. The molecule has 1 aromatic carbocycles. The van der Waals surface area contributed by atoms with Crippen LogP contribution in [0.15, 0.2) is 48.9 Å². The molecule has 3 heterocycles.